The summed E-state index contributed by atoms with van der Waals surface area (Å²) in [7, 11) is 0. The highest BCUT2D eigenvalue weighted by atomic mass is 15.1. The van der Waals surface area contributed by atoms with E-state index in [9.17, 15) is 0 Å². The predicted octanol–water partition coefficient (Wildman–Crippen LogP) is 13.2. The average molecular weight is 628 g/mol. The summed E-state index contributed by atoms with van der Waals surface area (Å²) in [5, 5.41) is 7.83. The molecule has 234 valence electrons. The molecule has 2 aliphatic carbocycles. The van der Waals surface area contributed by atoms with Gasteiger partial charge in [0.2, 0.25) is 0 Å². The van der Waals surface area contributed by atoms with Crippen LogP contribution in [-0.4, -0.2) is 0 Å². The Labute approximate surface area is 288 Å². The lowest BCUT2D eigenvalue weighted by molar-refractivity contribution is 0.661. The van der Waals surface area contributed by atoms with Crippen molar-refractivity contribution in [2.45, 2.75) is 38.5 Å². The number of para-hydroxylation sites is 1. The fraction of sp³-hybridized carbons (Fsp3) is 0.125. The van der Waals surface area contributed by atoms with Crippen LogP contribution in [-0.2, 0) is 10.8 Å². The van der Waals surface area contributed by atoms with Crippen LogP contribution in [0, 0.1) is 0 Å². The zero-order chi connectivity index (χ0) is 33.1. The summed E-state index contributed by atoms with van der Waals surface area (Å²) in [6.07, 6.45) is 0. The van der Waals surface area contributed by atoms with E-state index < -0.39 is 0 Å². The summed E-state index contributed by atoms with van der Waals surface area (Å²) in [5.41, 5.74) is 14.4. The van der Waals surface area contributed by atoms with Crippen LogP contribution in [0.5, 0.6) is 0 Å². The number of hydrogen-bond donors (Lipinski definition) is 0. The van der Waals surface area contributed by atoms with Crippen LogP contribution in [0.4, 0.5) is 17.1 Å². The fourth-order valence-corrected chi connectivity index (χ4v) is 9.13. The molecule has 0 N–H and O–H groups in total. The van der Waals surface area contributed by atoms with Gasteiger partial charge in [0.1, 0.15) is 0 Å². The molecule has 0 fully saturated rings. The molecule has 49 heavy (non-hydrogen) atoms. The molecule has 0 saturated carbocycles. The number of nitrogens with zero attached hydrogens (tertiary/aromatic N) is 1. The first-order valence-corrected chi connectivity index (χ1v) is 17.4. The molecule has 0 aromatic heterocycles. The Morgan fingerprint density at radius 3 is 1.82 bits per heavy atom. The molecule has 10 rings (SSSR count). The minimum absolute atomic E-state index is 0.0976. The Kier molecular flexibility index (Phi) is 5.75. The van der Waals surface area contributed by atoms with Crippen LogP contribution < -0.4 is 4.90 Å². The molecule has 8 aromatic rings. The predicted molar refractivity (Wildman–Crippen MR) is 209 cm³/mol. The standard InChI is InChI=1S/C48H37N/c1-47(2)42-25-19-30-12-10-11-17-37(30)45(42)40-24-21-36(29-44(40)47)49(34-15-6-5-7-16-34)35-20-23-38-33(26-35)18-22-39-41-27-31-13-8-9-14-32(31)28-43(41)48(3,4)46(38)39/h5-29H,1-4H3. The van der Waals surface area contributed by atoms with Gasteiger partial charge in [0, 0.05) is 27.9 Å². The van der Waals surface area contributed by atoms with Gasteiger partial charge in [-0.25, -0.2) is 0 Å². The Morgan fingerprint density at radius 1 is 0.367 bits per heavy atom. The molecule has 8 aromatic carbocycles. The minimum Gasteiger partial charge on any atom is -0.310 e. The maximum atomic E-state index is 2.44. The Bertz CT molecular complexity index is 2660. The zero-order valence-electron chi connectivity index (χ0n) is 28.4. The molecule has 1 nitrogen and oxygen atoms in total. The molecule has 0 heterocycles. The first-order valence-electron chi connectivity index (χ1n) is 17.4. The first-order chi connectivity index (χ1) is 23.8. The third-order valence-electron chi connectivity index (χ3n) is 11.6. The molecule has 0 bridgehead atoms. The maximum absolute atomic E-state index is 2.44. The molecule has 0 saturated heterocycles. The number of fused-ring (bicyclic) bond motifs is 11. The molecule has 0 spiro atoms. The van der Waals surface area contributed by atoms with Crippen molar-refractivity contribution in [1.29, 1.82) is 0 Å². The number of anilines is 3. The molecule has 2 aliphatic rings. The van der Waals surface area contributed by atoms with Crippen molar-refractivity contribution in [2.75, 3.05) is 4.90 Å². The SMILES string of the molecule is CC1(C)c2cc(N(c3ccccc3)c3ccc4c5c(ccc4c3)-c3cc4ccccc4cc3C5(C)C)ccc2-c2c1ccc1ccccc21. The highest BCUT2D eigenvalue weighted by molar-refractivity contribution is 6.04. The normalized spacial score (nSPS) is 14.9. The Morgan fingerprint density at radius 2 is 1.00 bits per heavy atom. The van der Waals surface area contributed by atoms with Crippen molar-refractivity contribution in [3.05, 3.63) is 174 Å². The van der Waals surface area contributed by atoms with E-state index >= 15 is 0 Å². The van der Waals surface area contributed by atoms with Crippen LogP contribution in [0.15, 0.2) is 152 Å². The third kappa shape index (κ3) is 3.93. The molecule has 0 amide bonds. The van der Waals surface area contributed by atoms with Gasteiger partial charge in [-0.1, -0.05) is 131 Å². The van der Waals surface area contributed by atoms with Crippen LogP contribution in [0.2, 0.25) is 0 Å². The van der Waals surface area contributed by atoms with E-state index in [1.54, 1.807) is 0 Å². The van der Waals surface area contributed by atoms with Crippen molar-refractivity contribution in [3.8, 4) is 22.3 Å². The second-order valence-corrected chi connectivity index (χ2v) is 15.0. The minimum atomic E-state index is -0.109. The summed E-state index contributed by atoms with van der Waals surface area (Å²) in [6, 6.07) is 56.7. The lowest BCUT2D eigenvalue weighted by Crippen LogP contribution is -2.17. The Hall–Kier alpha value is -5.66. The van der Waals surface area contributed by atoms with Crippen LogP contribution in [0.3, 0.4) is 0 Å². The van der Waals surface area contributed by atoms with Gasteiger partial charge < -0.3 is 4.90 Å². The van der Waals surface area contributed by atoms with E-state index in [1.165, 1.54) is 82.5 Å². The highest BCUT2D eigenvalue weighted by Gasteiger charge is 2.38. The van der Waals surface area contributed by atoms with Crippen molar-refractivity contribution in [2.24, 2.45) is 0 Å². The van der Waals surface area contributed by atoms with Crippen LogP contribution in [0.25, 0.3) is 54.6 Å². The van der Waals surface area contributed by atoms with E-state index in [0.29, 0.717) is 0 Å². The van der Waals surface area contributed by atoms with Crippen LogP contribution in [0.1, 0.15) is 49.9 Å². The van der Waals surface area contributed by atoms with Gasteiger partial charge in [-0.15, -0.1) is 0 Å². The van der Waals surface area contributed by atoms with Crippen molar-refractivity contribution >= 4 is 49.4 Å². The van der Waals surface area contributed by atoms with E-state index in [2.05, 4.69) is 184 Å². The van der Waals surface area contributed by atoms with Gasteiger partial charge in [-0.05, 0) is 125 Å². The van der Waals surface area contributed by atoms with Gasteiger partial charge in [0.25, 0.3) is 0 Å². The molecule has 0 aliphatic heterocycles. The third-order valence-corrected chi connectivity index (χ3v) is 11.6. The van der Waals surface area contributed by atoms with Crippen molar-refractivity contribution in [3.63, 3.8) is 0 Å². The second kappa shape index (κ2) is 9.94. The zero-order valence-corrected chi connectivity index (χ0v) is 28.4. The summed E-state index contributed by atoms with van der Waals surface area (Å²) >= 11 is 0. The average Bonchev–Trinajstić information content (AvgIpc) is 3.50. The summed E-state index contributed by atoms with van der Waals surface area (Å²) in [4.78, 5) is 2.43. The molecular formula is C48H37N. The fourth-order valence-electron chi connectivity index (χ4n) is 9.13. The summed E-state index contributed by atoms with van der Waals surface area (Å²) < 4.78 is 0. The largest absolute Gasteiger partial charge is 0.310 e. The summed E-state index contributed by atoms with van der Waals surface area (Å²) in [5.74, 6) is 0. The van der Waals surface area contributed by atoms with Gasteiger partial charge in [-0.3, -0.25) is 0 Å². The molecule has 1 heteroatoms. The van der Waals surface area contributed by atoms with Gasteiger partial charge in [-0.2, -0.15) is 0 Å². The van der Waals surface area contributed by atoms with E-state index in [1.807, 2.05) is 0 Å². The molecule has 0 radical (unpaired) electrons. The highest BCUT2D eigenvalue weighted by Crippen LogP contribution is 2.55. The van der Waals surface area contributed by atoms with E-state index in [0.717, 1.165) is 11.4 Å². The number of benzene rings is 8. The van der Waals surface area contributed by atoms with Gasteiger partial charge >= 0.3 is 0 Å². The monoisotopic (exact) mass is 627 g/mol. The van der Waals surface area contributed by atoms with Gasteiger partial charge in [0.05, 0.1) is 0 Å². The van der Waals surface area contributed by atoms with E-state index in [-0.39, 0.29) is 10.8 Å². The smallest absolute Gasteiger partial charge is 0.0468 e. The van der Waals surface area contributed by atoms with Gasteiger partial charge in [0.15, 0.2) is 0 Å². The lowest BCUT2D eigenvalue weighted by Gasteiger charge is -2.29. The second-order valence-electron chi connectivity index (χ2n) is 15.0. The van der Waals surface area contributed by atoms with Crippen molar-refractivity contribution in [1.82, 2.24) is 0 Å². The maximum Gasteiger partial charge on any atom is 0.0468 e. The van der Waals surface area contributed by atoms with Crippen LogP contribution >= 0.6 is 0 Å². The van der Waals surface area contributed by atoms with Crippen molar-refractivity contribution < 1.29 is 0 Å². The molecule has 0 unspecified atom stereocenters. The topological polar surface area (TPSA) is 3.24 Å². The quantitative estimate of drug-likeness (QED) is 0.188. The number of rotatable bonds is 3. The summed E-state index contributed by atoms with van der Waals surface area (Å²) in [6.45, 7) is 9.54. The lowest BCUT2D eigenvalue weighted by atomic mass is 9.80. The molecule has 0 atom stereocenters. The Balaban J connectivity index is 1.14. The number of hydrogen-bond acceptors (Lipinski definition) is 1. The van der Waals surface area contributed by atoms with E-state index in [4.69, 9.17) is 0 Å². The first kappa shape index (κ1) is 28.4. The molecular weight excluding hydrogens is 591 g/mol.